The first-order valence-electron chi connectivity index (χ1n) is 10.5. The number of anilines is 1. The second-order valence-electron chi connectivity index (χ2n) is 8.05. The normalized spacial score (nSPS) is 13.4. The van der Waals surface area contributed by atoms with E-state index in [0.717, 1.165) is 23.3 Å². The van der Waals surface area contributed by atoms with Gasteiger partial charge in [-0.1, -0.05) is 41.4 Å². The molecule has 10 heteroatoms. The predicted octanol–water partition coefficient (Wildman–Crippen LogP) is 6.53. The molecule has 4 rings (SSSR count). The summed E-state index contributed by atoms with van der Waals surface area (Å²) in [5.41, 5.74) is 0.476. The first-order valence-corrected chi connectivity index (χ1v) is 11.3. The second-order valence-corrected chi connectivity index (χ2v) is 8.89. The highest BCUT2D eigenvalue weighted by Crippen LogP contribution is 2.35. The summed E-state index contributed by atoms with van der Waals surface area (Å²) in [7, 11) is 0. The number of nitrogens with one attached hydrogen (secondary N) is 1. The molecular formula is C25H18Cl2F4N2O2. The van der Waals surface area contributed by atoms with E-state index in [1.165, 1.54) is 0 Å². The van der Waals surface area contributed by atoms with Gasteiger partial charge in [0.1, 0.15) is 5.82 Å². The molecule has 0 aliphatic carbocycles. The molecule has 1 aliphatic heterocycles. The standard InChI is InChI=1S/C25H18Cl2F4N2O2/c26-17-7-4-14(5-8-17)24(35)33-11-10-18-16(13-33)6-9-20(27)23(18)32-21(34)12-15-2-1-3-19(22(15)28)25(29,30)31/h1-9H,10-13H2,(H,32,34). The third-order valence-corrected chi connectivity index (χ3v) is 6.30. The lowest BCUT2D eigenvalue weighted by atomic mass is 9.96. The van der Waals surface area contributed by atoms with E-state index in [-0.39, 0.29) is 23.0 Å². The first-order chi connectivity index (χ1) is 16.5. The fourth-order valence-corrected chi connectivity index (χ4v) is 4.35. The molecule has 0 radical (unpaired) electrons. The summed E-state index contributed by atoms with van der Waals surface area (Å²) < 4.78 is 53.3. The number of carbonyl (C=O) groups is 2. The average molecular weight is 525 g/mol. The Hall–Kier alpha value is -3.10. The molecule has 0 aromatic heterocycles. The Labute approximate surface area is 208 Å². The highest BCUT2D eigenvalue weighted by atomic mass is 35.5. The fourth-order valence-electron chi connectivity index (χ4n) is 4.00. The molecule has 3 aromatic carbocycles. The summed E-state index contributed by atoms with van der Waals surface area (Å²) in [6, 6.07) is 12.7. The number of hydrogen-bond donors (Lipinski definition) is 1. The Morgan fingerprint density at radius 2 is 1.71 bits per heavy atom. The SMILES string of the molecule is O=C(Cc1cccc(C(F)(F)F)c1F)Nc1c(Cl)ccc2c1CCN(C(=O)c1ccc(Cl)cc1)C2. The largest absolute Gasteiger partial charge is 0.419 e. The van der Waals surface area contributed by atoms with E-state index in [9.17, 15) is 27.2 Å². The number of amides is 2. The molecule has 182 valence electrons. The lowest BCUT2D eigenvalue weighted by molar-refractivity contribution is -0.140. The van der Waals surface area contributed by atoms with Gasteiger partial charge in [-0.15, -0.1) is 0 Å². The van der Waals surface area contributed by atoms with E-state index in [4.69, 9.17) is 23.2 Å². The molecule has 0 saturated carbocycles. The molecule has 2 amide bonds. The van der Waals surface area contributed by atoms with Crippen molar-refractivity contribution in [1.29, 1.82) is 0 Å². The molecule has 3 aromatic rings. The Morgan fingerprint density at radius 3 is 2.40 bits per heavy atom. The molecule has 0 atom stereocenters. The van der Waals surface area contributed by atoms with E-state index < -0.39 is 29.9 Å². The molecule has 35 heavy (non-hydrogen) atoms. The maximum atomic E-state index is 14.3. The van der Waals surface area contributed by atoms with Crippen molar-refractivity contribution in [1.82, 2.24) is 4.90 Å². The summed E-state index contributed by atoms with van der Waals surface area (Å²) in [6.07, 6.45) is -5.08. The minimum absolute atomic E-state index is 0.173. The molecule has 0 saturated heterocycles. The van der Waals surface area contributed by atoms with Gasteiger partial charge in [-0.05, 0) is 59.5 Å². The second kappa shape index (κ2) is 9.87. The Bertz CT molecular complexity index is 1290. The van der Waals surface area contributed by atoms with Crippen LogP contribution < -0.4 is 5.32 Å². The highest BCUT2D eigenvalue weighted by molar-refractivity contribution is 6.34. The van der Waals surface area contributed by atoms with Gasteiger partial charge in [0.2, 0.25) is 5.91 Å². The van der Waals surface area contributed by atoms with Crippen molar-refractivity contribution < 1.29 is 27.2 Å². The Kier molecular flexibility index (Phi) is 7.05. The maximum Gasteiger partial charge on any atom is 0.419 e. The number of rotatable bonds is 4. The number of hydrogen-bond acceptors (Lipinski definition) is 2. The van der Waals surface area contributed by atoms with Crippen molar-refractivity contribution in [3.63, 3.8) is 0 Å². The lowest BCUT2D eigenvalue weighted by Gasteiger charge is -2.30. The third kappa shape index (κ3) is 5.44. The zero-order chi connectivity index (χ0) is 25.3. The first kappa shape index (κ1) is 25.0. The van der Waals surface area contributed by atoms with Crippen molar-refractivity contribution in [2.24, 2.45) is 0 Å². The van der Waals surface area contributed by atoms with Crippen LogP contribution >= 0.6 is 23.2 Å². The molecule has 0 unspecified atom stereocenters. The van der Waals surface area contributed by atoms with Gasteiger partial charge in [-0.2, -0.15) is 13.2 Å². The highest BCUT2D eigenvalue weighted by Gasteiger charge is 2.35. The number of nitrogens with zero attached hydrogens (tertiary/aromatic N) is 1. The smallest absolute Gasteiger partial charge is 0.334 e. The Balaban J connectivity index is 1.52. The van der Waals surface area contributed by atoms with Gasteiger partial charge in [0.05, 0.1) is 22.7 Å². The van der Waals surface area contributed by atoms with Crippen LogP contribution in [0.5, 0.6) is 0 Å². The van der Waals surface area contributed by atoms with Gasteiger partial charge in [0.15, 0.2) is 0 Å². The van der Waals surface area contributed by atoms with Crippen LogP contribution in [-0.2, 0) is 30.4 Å². The maximum absolute atomic E-state index is 14.3. The molecule has 1 N–H and O–H groups in total. The van der Waals surface area contributed by atoms with Gasteiger partial charge in [0, 0.05) is 23.7 Å². The summed E-state index contributed by atoms with van der Waals surface area (Å²) in [4.78, 5) is 27.1. The number of alkyl halides is 3. The van der Waals surface area contributed by atoms with Crippen LogP contribution in [0, 0.1) is 5.82 Å². The average Bonchev–Trinajstić information content (AvgIpc) is 2.81. The van der Waals surface area contributed by atoms with Crippen molar-refractivity contribution in [2.45, 2.75) is 25.6 Å². The van der Waals surface area contributed by atoms with Crippen LogP contribution in [-0.4, -0.2) is 23.3 Å². The quantitative estimate of drug-likeness (QED) is 0.394. The number of carbonyl (C=O) groups excluding carboxylic acids is 2. The third-order valence-electron chi connectivity index (χ3n) is 5.73. The van der Waals surface area contributed by atoms with E-state index in [1.807, 2.05) is 0 Å². The molecule has 4 nitrogen and oxygen atoms in total. The molecule has 0 spiro atoms. The van der Waals surface area contributed by atoms with Crippen LogP contribution in [0.2, 0.25) is 10.0 Å². The topological polar surface area (TPSA) is 49.4 Å². The van der Waals surface area contributed by atoms with Gasteiger partial charge >= 0.3 is 6.18 Å². The van der Waals surface area contributed by atoms with Crippen LogP contribution in [0.4, 0.5) is 23.2 Å². The van der Waals surface area contributed by atoms with Gasteiger partial charge in [-0.3, -0.25) is 9.59 Å². The van der Waals surface area contributed by atoms with E-state index in [1.54, 1.807) is 41.3 Å². The van der Waals surface area contributed by atoms with Gasteiger partial charge in [0.25, 0.3) is 5.91 Å². The molecular weight excluding hydrogens is 507 g/mol. The van der Waals surface area contributed by atoms with Gasteiger partial charge < -0.3 is 10.2 Å². The number of fused-ring (bicyclic) bond motifs is 1. The Morgan fingerprint density at radius 1 is 1.00 bits per heavy atom. The molecule has 0 bridgehead atoms. The van der Waals surface area contributed by atoms with Crippen LogP contribution in [0.15, 0.2) is 54.6 Å². The zero-order valence-corrected chi connectivity index (χ0v) is 19.6. The number of halogens is 6. The summed E-state index contributed by atoms with van der Waals surface area (Å²) in [6.45, 7) is 0.638. The van der Waals surface area contributed by atoms with Crippen molar-refractivity contribution >= 4 is 40.7 Å². The minimum Gasteiger partial charge on any atom is -0.334 e. The molecule has 1 aliphatic rings. The van der Waals surface area contributed by atoms with Crippen LogP contribution in [0.25, 0.3) is 0 Å². The van der Waals surface area contributed by atoms with Crippen molar-refractivity contribution in [3.05, 3.63) is 98.3 Å². The summed E-state index contributed by atoms with van der Waals surface area (Å²) in [5, 5.41) is 3.37. The summed E-state index contributed by atoms with van der Waals surface area (Å²) >= 11 is 12.2. The van der Waals surface area contributed by atoms with Crippen molar-refractivity contribution in [2.75, 3.05) is 11.9 Å². The molecule has 0 fully saturated rings. The summed E-state index contributed by atoms with van der Waals surface area (Å²) in [5.74, 6) is -2.36. The number of benzene rings is 3. The van der Waals surface area contributed by atoms with E-state index in [0.29, 0.717) is 35.3 Å². The lowest BCUT2D eigenvalue weighted by Crippen LogP contribution is -2.36. The van der Waals surface area contributed by atoms with E-state index in [2.05, 4.69) is 5.32 Å². The van der Waals surface area contributed by atoms with E-state index >= 15 is 0 Å². The van der Waals surface area contributed by atoms with Crippen molar-refractivity contribution in [3.8, 4) is 0 Å². The van der Waals surface area contributed by atoms with Crippen LogP contribution in [0.3, 0.4) is 0 Å². The van der Waals surface area contributed by atoms with Gasteiger partial charge in [-0.25, -0.2) is 4.39 Å². The monoisotopic (exact) mass is 524 g/mol. The van der Waals surface area contributed by atoms with Crippen LogP contribution in [0.1, 0.15) is 32.6 Å². The predicted molar refractivity (Wildman–Crippen MR) is 125 cm³/mol. The minimum atomic E-state index is -4.87. The molecule has 1 heterocycles. The fraction of sp³-hybridized carbons (Fsp3) is 0.200. The zero-order valence-electron chi connectivity index (χ0n) is 18.1.